The fraction of sp³-hybridized carbons (Fsp3) is 0.462. The molecular weight excluding hydrogens is 316 g/mol. The normalized spacial score (nSPS) is 16.9. The molecule has 1 aliphatic carbocycles. The molecular formula is C13H17ClN2O2S2. The van der Waals surface area contributed by atoms with Crippen LogP contribution in [0.2, 0.25) is 5.02 Å². The van der Waals surface area contributed by atoms with Gasteiger partial charge in [0.2, 0.25) is 10.0 Å². The highest BCUT2D eigenvalue weighted by molar-refractivity contribution is 7.89. The molecule has 1 unspecified atom stereocenters. The molecule has 3 N–H and O–H groups in total. The maximum atomic E-state index is 12.3. The van der Waals surface area contributed by atoms with Crippen molar-refractivity contribution in [2.45, 2.75) is 37.1 Å². The topological polar surface area (TPSA) is 72.2 Å². The van der Waals surface area contributed by atoms with Crippen LogP contribution in [0.4, 0.5) is 0 Å². The van der Waals surface area contributed by atoms with Crippen molar-refractivity contribution in [3.63, 3.8) is 0 Å². The third-order valence-electron chi connectivity index (χ3n) is 3.25. The SMILES string of the molecule is CC(CC1CC1)NS(=O)(=O)c1ccc(C(N)=S)cc1Cl. The first-order valence-electron chi connectivity index (χ1n) is 6.41. The molecule has 0 heterocycles. The van der Waals surface area contributed by atoms with E-state index in [1.165, 1.54) is 25.0 Å². The second-order valence-electron chi connectivity index (χ2n) is 5.21. The van der Waals surface area contributed by atoms with Gasteiger partial charge in [-0.1, -0.05) is 42.7 Å². The Balaban J connectivity index is 2.17. The van der Waals surface area contributed by atoms with Gasteiger partial charge in [-0.2, -0.15) is 0 Å². The molecule has 1 saturated carbocycles. The molecule has 4 nitrogen and oxygen atoms in total. The Morgan fingerprint density at radius 1 is 1.55 bits per heavy atom. The van der Waals surface area contributed by atoms with Crippen LogP contribution in [0.1, 0.15) is 31.7 Å². The van der Waals surface area contributed by atoms with Crippen LogP contribution in [-0.4, -0.2) is 19.4 Å². The van der Waals surface area contributed by atoms with Gasteiger partial charge in [0.1, 0.15) is 9.88 Å². The van der Waals surface area contributed by atoms with Crippen LogP contribution in [0.3, 0.4) is 0 Å². The zero-order valence-corrected chi connectivity index (χ0v) is 13.5. The molecule has 20 heavy (non-hydrogen) atoms. The fourth-order valence-electron chi connectivity index (χ4n) is 2.10. The summed E-state index contributed by atoms with van der Waals surface area (Å²) in [6.07, 6.45) is 3.24. The maximum Gasteiger partial charge on any atom is 0.242 e. The minimum atomic E-state index is -3.62. The summed E-state index contributed by atoms with van der Waals surface area (Å²) >= 11 is 10.9. The highest BCUT2D eigenvalue weighted by Crippen LogP contribution is 2.33. The zero-order valence-electron chi connectivity index (χ0n) is 11.1. The smallest absolute Gasteiger partial charge is 0.242 e. The number of hydrogen-bond acceptors (Lipinski definition) is 3. The van der Waals surface area contributed by atoms with Crippen LogP contribution in [-0.2, 0) is 10.0 Å². The Labute approximate surface area is 129 Å². The Morgan fingerprint density at radius 2 is 2.20 bits per heavy atom. The van der Waals surface area contributed by atoms with Gasteiger partial charge in [0.25, 0.3) is 0 Å². The van der Waals surface area contributed by atoms with E-state index in [4.69, 9.17) is 29.6 Å². The van der Waals surface area contributed by atoms with Gasteiger partial charge in [-0.15, -0.1) is 0 Å². The van der Waals surface area contributed by atoms with Gasteiger partial charge >= 0.3 is 0 Å². The van der Waals surface area contributed by atoms with E-state index in [-0.39, 0.29) is 20.9 Å². The molecule has 0 aromatic heterocycles. The van der Waals surface area contributed by atoms with Crippen molar-refractivity contribution in [2.24, 2.45) is 11.7 Å². The summed E-state index contributed by atoms with van der Waals surface area (Å²) in [6.45, 7) is 1.87. The Bertz CT molecular complexity index is 627. The van der Waals surface area contributed by atoms with Crippen molar-refractivity contribution in [1.29, 1.82) is 0 Å². The minimum Gasteiger partial charge on any atom is -0.389 e. The number of rotatable bonds is 6. The van der Waals surface area contributed by atoms with Crippen LogP contribution in [0, 0.1) is 5.92 Å². The molecule has 1 atom stereocenters. The lowest BCUT2D eigenvalue weighted by molar-refractivity contribution is 0.530. The van der Waals surface area contributed by atoms with Crippen molar-refractivity contribution in [3.05, 3.63) is 28.8 Å². The largest absolute Gasteiger partial charge is 0.389 e. The highest BCUT2D eigenvalue weighted by Gasteiger charge is 2.27. The van der Waals surface area contributed by atoms with Crippen LogP contribution < -0.4 is 10.5 Å². The predicted octanol–water partition coefficient (Wildman–Crippen LogP) is 2.44. The van der Waals surface area contributed by atoms with E-state index in [0.29, 0.717) is 11.5 Å². The van der Waals surface area contributed by atoms with Crippen molar-refractivity contribution >= 4 is 38.8 Å². The number of thiocarbonyl (C=S) groups is 1. The summed E-state index contributed by atoms with van der Waals surface area (Å²) in [5, 5.41) is 0.126. The average molecular weight is 333 g/mol. The van der Waals surface area contributed by atoms with E-state index >= 15 is 0 Å². The number of nitrogens with one attached hydrogen (secondary N) is 1. The highest BCUT2D eigenvalue weighted by atomic mass is 35.5. The molecule has 1 aromatic carbocycles. The monoisotopic (exact) mass is 332 g/mol. The lowest BCUT2D eigenvalue weighted by atomic mass is 10.2. The molecule has 0 amide bonds. The van der Waals surface area contributed by atoms with Gasteiger partial charge < -0.3 is 5.73 Å². The van der Waals surface area contributed by atoms with Gasteiger partial charge in [0.15, 0.2) is 0 Å². The maximum absolute atomic E-state index is 12.3. The van der Waals surface area contributed by atoms with Gasteiger partial charge in [-0.25, -0.2) is 13.1 Å². The quantitative estimate of drug-likeness (QED) is 0.785. The molecule has 0 saturated heterocycles. The molecule has 7 heteroatoms. The van der Waals surface area contributed by atoms with Crippen LogP contribution in [0.15, 0.2) is 23.1 Å². The van der Waals surface area contributed by atoms with Gasteiger partial charge in [-0.3, -0.25) is 0 Å². The first kappa shape index (κ1) is 15.7. The summed E-state index contributed by atoms with van der Waals surface area (Å²) in [6, 6.07) is 4.38. The fourth-order valence-corrected chi connectivity index (χ4v) is 4.03. The van der Waals surface area contributed by atoms with E-state index in [0.717, 1.165) is 6.42 Å². The molecule has 0 spiro atoms. The van der Waals surface area contributed by atoms with Gasteiger partial charge in [0, 0.05) is 11.6 Å². The molecule has 1 aliphatic rings. The zero-order chi connectivity index (χ0) is 14.9. The lowest BCUT2D eigenvalue weighted by Crippen LogP contribution is -2.33. The molecule has 110 valence electrons. The van der Waals surface area contributed by atoms with Crippen LogP contribution in [0.5, 0.6) is 0 Å². The van der Waals surface area contributed by atoms with E-state index < -0.39 is 10.0 Å². The number of halogens is 1. The summed E-state index contributed by atoms with van der Waals surface area (Å²) in [7, 11) is -3.62. The first-order valence-corrected chi connectivity index (χ1v) is 8.68. The molecule has 1 fully saturated rings. The predicted molar refractivity (Wildman–Crippen MR) is 84.5 cm³/mol. The third-order valence-corrected chi connectivity index (χ3v) is 5.55. The summed E-state index contributed by atoms with van der Waals surface area (Å²) in [5.41, 5.74) is 6.04. The minimum absolute atomic E-state index is 0.0572. The van der Waals surface area contributed by atoms with Crippen molar-refractivity contribution < 1.29 is 8.42 Å². The second kappa shape index (κ2) is 5.97. The molecule has 2 rings (SSSR count). The molecule has 1 aromatic rings. The number of nitrogens with two attached hydrogens (primary N) is 1. The van der Waals surface area contributed by atoms with E-state index in [9.17, 15) is 8.42 Å². The number of benzene rings is 1. The van der Waals surface area contributed by atoms with Crippen molar-refractivity contribution in [1.82, 2.24) is 4.72 Å². The Morgan fingerprint density at radius 3 is 2.70 bits per heavy atom. The molecule has 0 aliphatic heterocycles. The first-order chi connectivity index (χ1) is 9.29. The number of hydrogen-bond donors (Lipinski definition) is 2. The van der Waals surface area contributed by atoms with Gasteiger partial charge in [0.05, 0.1) is 5.02 Å². The average Bonchev–Trinajstić information content (AvgIpc) is 3.11. The standard InChI is InChI=1S/C13H17ClN2O2S2/c1-8(6-9-2-3-9)16-20(17,18)12-5-4-10(13(15)19)7-11(12)14/h4-5,7-9,16H,2-3,6H2,1H3,(H2,15,19). The molecule has 0 bridgehead atoms. The third kappa shape index (κ3) is 3.91. The van der Waals surface area contributed by atoms with E-state index in [1.54, 1.807) is 6.07 Å². The van der Waals surface area contributed by atoms with E-state index in [1.807, 2.05) is 6.92 Å². The number of sulfonamides is 1. The Hall–Kier alpha value is -0.690. The summed E-state index contributed by atoms with van der Waals surface area (Å²) < 4.78 is 27.2. The van der Waals surface area contributed by atoms with Crippen LogP contribution >= 0.6 is 23.8 Å². The van der Waals surface area contributed by atoms with Crippen molar-refractivity contribution in [3.8, 4) is 0 Å². The summed E-state index contributed by atoms with van der Waals surface area (Å²) in [5.74, 6) is 0.653. The lowest BCUT2D eigenvalue weighted by Gasteiger charge is -2.15. The van der Waals surface area contributed by atoms with Crippen molar-refractivity contribution in [2.75, 3.05) is 0 Å². The summed E-state index contributed by atoms with van der Waals surface area (Å²) in [4.78, 5) is 0.243. The molecule has 0 radical (unpaired) electrons. The van der Waals surface area contributed by atoms with E-state index in [2.05, 4.69) is 4.72 Å². The van der Waals surface area contributed by atoms with Gasteiger partial charge in [-0.05, 0) is 31.4 Å². The Kier molecular flexibility index (Phi) is 4.69. The van der Waals surface area contributed by atoms with Crippen LogP contribution in [0.25, 0.3) is 0 Å². The second-order valence-corrected chi connectivity index (χ2v) is 7.74.